The molecule has 0 radical (unpaired) electrons. The summed E-state index contributed by atoms with van der Waals surface area (Å²) in [7, 11) is 1.67. The molecule has 1 fully saturated rings. The second-order valence-corrected chi connectivity index (χ2v) is 8.57. The van der Waals surface area contributed by atoms with E-state index >= 15 is 0 Å². The monoisotopic (exact) mass is 480 g/mol. The first-order valence-electron chi connectivity index (χ1n) is 11.1. The lowest BCUT2D eigenvalue weighted by atomic mass is 9.97. The summed E-state index contributed by atoms with van der Waals surface area (Å²) in [5.41, 5.74) is 14.6. The highest BCUT2D eigenvalue weighted by Gasteiger charge is 2.24. The van der Waals surface area contributed by atoms with E-state index in [1.54, 1.807) is 25.4 Å². The van der Waals surface area contributed by atoms with Crippen LogP contribution >= 0.6 is 11.6 Å². The van der Waals surface area contributed by atoms with Gasteiger partial charge in [0.15, 0.2) is 0 Å². The fourth-order valence-electron chi connectivity index (χ4n) is 4.42. The number of nitrogens with zero attached hydrogens (tertiary/aromatic N) is 3. The average molecular weight is 481 g/mol. The molecule has 2 aliphatic heterocycles. The van der Waals surface area contributed by atoms with Crippen LogP contribution in [0.4, 0.5) is 21.6 Å². The quantitative estimate of drug-likeness (QED) is 0.511. The maximum Gasteiger partial charge on any atom is 0.143 e. The van der Waals surface area contributed by atoms with Crippen molar-refractivity contribution in [3.63, 3.8) is 0 Å². The van der Waals surface area contributed by atoms with Crippen LogP contribution in [0, 0.1) is 5.82 Å². The first-order chi connectivity index (χ1) is 16.5. The Morgan fingerprint density at radius 2 is 1.82 bits per heavy atom. The molecule has 9 heteroatoms. The lowest BCUT2D eigenvalue weighted by molar-refractivity contribution is 0.416. The van der Waals surface area contributed by atoms with E-state index in [9.17, 15) is 4.39 Å². The van der Waals surface area contributed by atoms with Crippen molar-refractivity contribution in [1.82, 2.24) is 15.7 Å². The summed E-state index contributed by atoms with van der Waals surface area (Å²) in [6.07, 6.45) is 3.79. The highest BCUT2D eigenvalue weighted by Crippen LogP contribution is 2.40. The van der Waals surface area contributed by atoms with Gasteiger partial charge in [-0.25, -0.2) is 14.8 Å². The smallest absolute Gasteiger partial charge is 0.143 e. The lowest BCUT2D eigenvalue weighted by Crippen LogP contribution is -2.43. The van der Waals surface area contributed by atoms with Crippen molar-refractivity contribution in [3.05, 3.63) is 71.1 Å². The van der Waals surface area contributed by atoms with E-state index in [1.165, 1.54) is 6.07 Å². The molecule has 0 aliphatic carbocycles. The molecular weight excluding hydrogens is 455 g/mol. The van der Waals surface area contributed by atoms with Crippen LogP contribution in [0.3, 0.4) is 0 Å². The Balaban J connectivity index is 1.56. The third kappa shape index (κ3) is 4.27. The van der Waals surface area contributed by atoms with E-state index in [0.29, 0.717) is 18.1 Å². The Bertz CT molecular complexity index is 1240. The van der Waals surface area contributed by atoms with Gasteiger partial charge < -0.3 is 20.7 Å². The number of hydrazine groups is 1. The summed E-state index contributed by atoms with van der Waals surface area (Å²) >= 11 is 5.89. The fraction of sp³-hybridized carbons (Fsp3) is 0.240. The molecule has 0 saturated carbocycles. The largest absolute Gasteiger partial charge is 0.496 e. The zero-order valence-electron chi connectivity index (χ0n) is 18.8. The van der Waals surface area contributed by atoms with Crippen LogP contribution in [0.15, 0.2) is 54.7 Å². The van der Waals surface area contributed by atoms with Crippen molar-refractivity contribution in [2.75, 3.05) is 55.5 Å². The Kier molecular flexibility index (Phi) is 6.28. The second-order valence-electron chi connectivity index (χ2n) is 8.16. The maximum atomic E-state index is 14.2. The number of hydrogen-bond donors (Lipinski definition) is 3. The fourth-order valence-corrected chi connectivity index (χ4v) is 4.53. The molecule has 1 saturated heterocycles. The first kappa shape index (κ1) is 22.5. The normalized spacial score (nSPS) is 16.0. The molecule has 3 aromatic rings. The van der Waals surface area contributed by atoms with Crippen molar-refractivity contribution in [1.29, 1.82) is 0 Å². The molecule has 5 rings (SSSR count). The number of nitrogens with one attached hydrogen (secondary N) is 2. The molecule has 34 heavy (non-hydrogen) atoms. The highest BCUT2D eigenvalue weighted by molar-refractivity contribution is 6.30. The second kappa shape index (κ2) is 9.50. The van der Waals surface area contributed by atoms with Crippen molar-refractivity contribution < 1.29 is 9.13 Å². The third-order valence-electron chi connectivity index (χ3n) is 6.11. The lowest BCUT2D eigenvalue weighted by Gasteiger charge is -2.30. The van der Waals surface area contributed by atoms with Crippen LogP contribution in [0.5, 0.6) is 5.75 Å². The highest BCUT2D eigenvalue weighted by atomic mass is 35.5. The summed E-state index contributed by atoms with van der Waals surface area (Å²) in [5.74, 6) is 0.663. The number of nitrogen functional groups attached to an aromatic ring is 1. The van der Waals surface area contributed by atoms with Gasteiger partial charge in [0.25, 0.3) is 0 Å². The zero-order valence-corrected chi connectivity index (χ0v) is 19.6. The number of hydrogen-bond acceptors (Lipinski definition) is 7. The van der Waals surface area contributed by atoms with Crippen LogP contribution in [-0.2, 0) is 0 Å². The minimum Gasteiger partial charge on any atom is -0.496 e. The van der Waals surface area contributed by atoms with E-state index < -0.39 is 5.82 Å². The summed E-state index contributed by atoms with van der Waals surface area (Å²) < 4.78 is 20.0. The summed E-state index contributed by atoms with van der Waals surface area (Å²) in [4.78, 5) is 6.70. The van der Waals surface area contributed by atoms with Crippen LogP contribution in [0.25, 0.3) is 16.8 Å². The predicted molar refractivity (Wildman–Crippen MR) is 136 cm³/mol. The number of anilines is 3. The summed E-state index contributed by atoms with van der Waals surface area (Å²) in [6.45, 7) is 4.39. The van der Waals surface area contributed by atoms with E-state index in [1.807, 2.05) is 17.2 Å². The van der Waals surface area contributed by atoms with Crippen molar-refractivity contribution in [3.8, 4) is 16.9 Å². The number of pyridine rings is 1. The third-order valence-corrected chi connectivity index (χ3v) is 6.41. The summed E-state index contributed by atoms with van der Waals surface area (Å²) in [6, 6.07) is 12.8. The van der Waals surface area contributed by atoms with Gasteiger partial charge in [-0.15, -0.1) is 0 Å². The summed E-state index contributed by atoms with van der Waals surface area (Å²) in [5, 5.41) is 5.29. The number of rotatable bonds is 5. The molecule has 4 N–H and O–H groups in total. The molecule has 2 aliphatic rings. The number of ether oxygens (including phenoxy) is 1. The number of benzene rings is 2. The van der Waals surface area contributed by atoms with Gasteiger partial charge in [-0.3, -0.25) is 5.01 Å². The number of methoxy groups -OCH3 is 1. The van der Waals surface area contributed by atoms with Gasteiger partial charge in [0.05, 0.1) is 23.5 Å². The van der Waals surface area contributed by atoms with Crippen molar-refractivity contribution in [2.45, 2.75) is 0 Å². The van der Waals surface area contributed by atoms with Crippen LogP contribution < -0.4 is 31.1 Å². The molecule has 0 spiro atoms. The molecule has 0 atom stereocenters. The number of aromatic nitrogens is 1. The van der Waals surface area contributed by atoms with Crippen molar-refractivity contribution in [2.24, 2.45) is 0 Å². The Hall–Kier alpha value is -3.33. The van der Waals surface area contributed by atoms with Gasteiger partial charge in [-0.2, -0.15) is 0 Å². The van der Waals surface area contributed by atoms with Gasteiger partial charge in [0.2, 0.25) is 0 Å². The molecule has 0 unspecified atom stereocenters. The number of nitrogens with two attached hydrogens (primary N) is 1. The Morgan fingerprint density at radius 1 is 1.03 bits per heavy atom. The first-order valence-corrected chi connectivity index (χ1v) is 11.5. The topological polar surface area (TPSA) is 78.7 Å². The molecule has 0 bridgehead atoms. The van der Waals surface area contributed by atoms with E-state index in [0.717, 1.165) is 60.0 Å². The van der Waals surface area contributed by atoms with Gasteiger partial charge >= 0.3 is 0 Å². The number of halogens is 2. The minimum absolute atomic E-state index is 0.0802. The van der Waals surface area contributed by atoms with Gasteiger partial charge in [-0.1, -0.05) is 11.6 Å². The standard InChI is InChI=1S/C25H26ClFN6O/c1-34-24-13-16(32-10-8-29-9-11-32)2-4-18(24)20-15-30-25(28)14-19(20)23-6-7-31-33(23)17-3-5-21(26)22(27)12-17/h2-6,12-15,29,31H,7-11H2,1H3,(H2,28,30). The molecular formula is C25H26ClFN6O. The van der Waals surface area contributed by atoms with Crippen LogP contribution in [-0.4, -0.2) is 44.8 Å². The number of piperazine rings is 1. The SMILES string of the molecule is COc1cc(N2CCNCC2)ccc1-c1cnc(N)cc1C1=CCNN1c1ccc(Cl)c(F)c1. The van der Waals surface area contributed by atoms with Gasteiger partial charge in [0, 0.05) is 73.4 Å². The molecule has 1 aromatic heterocycles. The average Bonchev–Trinajstić information content (AvgIpc) is 3.36. The van der Waals surface area contributed by atoms with Crippen LogP contribution in [0.2, 0.25) is 5.02 Å². The molecule has 3 heterocycles. The minimum atomic E-state index is -0.480. The molecule has 176 valence electrons. The zero-order chi connectivity index (χ0) is 23.7. The Morgan fingerprint density at radius 3 is 2.59 bits per heavy atom. The van der Waals surface area contributed by atoms with E-state index in [2.05, 4.69) is 38.8 Å². The Labute approximate surface area is 202 Å². The molecule has 2 aromatic carbocycles. The predicted octanol–water partition coefficient (Wildman–Crippen LogP) is 3.91. The van der Waals surface area contributed by atoms with Crippen LogP contribution in [0.1, 0.15) is 5.56 Å². The van der Waals surface area contributed by atoms with E-state index in [4.69, 9.17) is 22.1 Å². The maximum absolute atomic E-state index is 14.2. The molecule has 0 amide bonds. The van der Waals surface area contributed by atoms with Crippen molar-refractivity contribution >= 4 is 34.5 Å². The van der Waals surface area contributed by atoms with Gasteiger partial charge in [-0.05, 0) is 36.4 Å². The molecule has 7 nitrogen and oxygen atoms in total. The van der Waals surface area contributed by atoms with Gasteiger partial charge in [0.1, 0.15) is 17.4 Å². The van der Waals surface area contributed by atoms with E-state index in [-0.39, 0.29) is 5.02 Å².